The number of amides is 1. The highest BCUT2D eigenvalue weighted by Gasteiger charge is 2.36. The fraction of sp³-hybridized carbons (Fsp3) is 0.579. The quantitative estimate of drug-likeness (QED) is 0.932. The second-order valence-electron chi connectivity index (χ2n) is 7.03. The Morgan fingerprint density at radius 1 is 1.13 bits per heavy atom. The molecule has 2 aliphatic rings. The van der Waals surface area contributed by atoms with Gasteiger partial charge in [-0.05, 0) is 43.7 Å². The Hall–Kier alpha value is -1.84. The van der Waals surface area contributed by atoms with Crippen molar-refractivity contribution in [2.75, 3.05) is 13.1 Å². The number of hydrogen-bond acceptors (Lipinski definition) is 2. The van der Waals surface area contributed by atoms with E-state index < -0.39 is 5.97 Å². The molecule has 4 heteroatoms. The molecule has 1 aromatic carbocycles. The van der Waals surface area contributed by atoms with E-state index in [1.54, 1.807) is 0 Å². The van der Waals surface area contributed by atoms with Gasteiger partial charge in [0.2, 0.25) is 5.91 Å². The first-order chi connectivity index (χ1) is 11.1. The van der Waals surface area contributed by atoms with E-state index in [4.69, 9.17) is 0 Å². The van der Waals surface area contributed by atoms with Crippen molar-refractivity contribution in [1.29, 1.82) is 0 Å². The summed E-state index contributed by atoms with van der Waals surface area (Å²) in [5.74, 6) is -0.597. The summed E-state index contributed by atoms with van der Waals surface area (Å²) in [5.41, 5.74) is 2.63. The molecule has 0 bridgehead atoms. The summed E-state index contributed by atoms with van der Waals surface area (Å²) >= 11 is 0. The van der Waals surface area contributed by atoms with Crippen LogP contribution in [0.1, 0.15) is 49.1 Å². The monoisotopic (exact) mass is 315 g/mol. The van der Waals surface area contributed by atoms with Crippen LogP contribution in [0.5, 0.6) is 0 Å². The lowest BCUT2D eigenvalue weighted by Crippen LogP contribution is -2.37. The van der Waals surface area contributed by atoms with Gasteiger partial charge in [-0.25, -0.2) is 0 Å². The van der Waals surface area contributed by atoms with Crippen LogP contribution in [0.4, 0.5) is 0 Å². The molecule has 1 saturated carbocycles. The first kappa shape index (κ1) is 16.0. The number of rotatable bonds is 3. The van der Waals surface area contributed by atoms with Crippen LogP contribution in [0, 0.1) is 18.8 Å². The van der Waals surface area contributed by atoms with Crippen molar-refractivity contribution in [2.24, 2.45) is 11.8 Å². The van der Waals surface area contributed by atoms with Gasteiger partial charge in [-0.3, -0.25) is 9.59 Å². The average Bonchev–Trinajstić information content (AvgIpc) is 3.04. The lowest BCUT2D eigenvalue weighted by atomic mass is 9.81. The highest BCUT2D eigenvalue weighted by atomic mass is 16.4. The van der Waals surface area contributed by atoms with Crippen LogP contribution < -0.4 is 0 Å². The van der Waals surface area contributed by atoms with E-state index in [-0.39, 0.29) is 17.7 Å². The van der Waals surface area contributed by atoms with Gasteiger partial charge in [0.25, 0.3) is 0 Å². The molecule has 3 unspecified atom stereocenters. The predicted molar refractivity (Wildman–Crippen MR) is 88.2 cm³/mol. The van der Waals surface area contributed by atoms with Crippen LogP contribution in [0.3, 0.4) is 0 Å². The molecule has 124 valence electrons. The number of carboxylic acid groups (broad SMARTS) is 1. The number of nitrogens with zero attached hydrogens (tertiary/aromatic N) is 1. The van der Waals surface area contributed by atoms with Gasteiger partial charge in [0.05, 0.1) is 5.92 Å². The van der Waals surface area contributed by atoms with E-state index in [1.165, 1.54) is 11.1 Å². The molecule has 4 nitrogen and oxygen atoms in total. The van der Waals surface area contributed by atoms with Crippen LogP contribution in [0.25, 0.3) is 0 Å². The Morgan fingerprint density at radius 2 is 1.87 bits per heavy atom. The summed E-state index contributed by atoms with van der Waals surface area (Å²) in [6.07, 6.45) is 3.92. The normalized spacial score (nSPS) is 27.9. The maximum atomic E-state index is 12.8. The standard InChI is InChI=1S/C19H25NO3/c1-13-5-2-3-8-17(13)16-9-10-20(12-16)18(21)14-6-4-7-15(11-14)19(22)23/h2-3,5,8,14-16H,4,6-7,9-12H2,1H3,(H,22,23). The molecule has 1 heterocycles. The summed E-state index contributed by atoms with van der Waals surface area (Å²) in [6, 6.07) is 8.39. The number of hydrogen-bond donors (Lipinski definition) is 1. The molecular weight excluding hydrogens is 290 g/mol. The molecule has 1 aliphatic heterocycles. The van der Waals surface area contributed by atoms with Crippen molar-refractivity contribution in [3.05, 3.63) is 35.4 Å². The van der Waals surface area contributed by atoms with E-state index in [9.17, 15) is 14.7 Å². The third-order valence-electron chi connectivity index (χ3n) is 5.50. The predicted octanol–water partition coefficient (Wildman–Crippen LogP) is 3.20. The fourth-order valence-electron chi connectivity index (χ4n) is 4.16. The van der Waals surface area contributed by atoms with Crippen LogP contribution in [0.2, 0.25) is 0 Å². The lowest BCUT2D eigenvalue weighted by molar-refractivity contribution is -0.145. The van der Waals surface area contributed by atoms with Crippen molar-refractivity contribution in [1.82, 2.24) is 4.90 Å². The minimum atomic E-state index is -0.748. The molecule has 0 radical (unpaired) electrons. The molecule has 1 amide bonds. The Kier molecular flexibility index (Phi) is 4.69. The summed E-state index contributed by atoms with van der Waals surface area (Å²) in [7, 11) is 0. The van der Waals surface area contributed by atoms with Gasteiger partial charge in [-0.1, -0.05) is 30.7 Å². The van der Waals surface area contributed by atoms with Crippen molar-refractivity contribution >= 4 is 11.9 Å². The molecule has 1 aliphatic carbocycles. The molecule has 2 fully saturated rings. The van der Waals surface area contributed by atoms with E-state index in [0.717, 1.165) is 32.4 Å². The highest BCUT2D eigenvalue weighted by molar-refractivity contribution is 5.80. The van der Waals surface area contributed by atoms with Crippen molar-refractivity contribution in [3.8, 4) is 0 Å². The first-order valence-corrected chi connectivity index (χ1v) is 8.63. The van der Waals surface area contributed by atoms with E-state index in [2.05, 4.69) is 25.1 Å². The second-order valence-corrected chi connectivity index (χ2v) is 7.03. The number of benzene rings is 1. The minimum Gasteiger partial charge on any atom is -0.481 e. The fourth-order valence-corrected chi connectivity index (χ4v) is 4.16. The molecule has 3 atom stereocenters. The molecule has 1 N–H and O–H groups in total. The average molecular weight is 315 g/mol. The molecule has 23 heavy (non-hydrogen) atoms. The molecular formula is C19H25NO3. The zero-order chi connectivity index (χ0) is 16.4. The Labute approximate surface area is 137 Å². The van der Waals surface area contributed by atoms with Crippen molar-refractivity contribution < 1.29 is 14.7 Å². The molecule has 0 aromatic heterocycles. The van der Waals surface area contributed by atoms with Gasteiger partial charge in [0.15, 0.2) is 0 Å². The Morgan fingerprint density at radius 3 is 2.61 bits per heavy atom. The van der Waals surface area contributed by atoms with Gasteiger partial charge in [0, 0.05) is 24.9 Å². The lowest BCUT2D eigenvalue weighted by Gasteiger charge is -2.29. The number of likely N-dealkylation sites (tertiary alicyclic amines) is 1. The van der Waals surface area contributed by atoms with Crippen LogP contribution in [-0.2, 0) is 9.59 Å². The maximum Gasteiger partial charge on any atom is 0.306 e. The molecule has 3 rings (SSSR count). The highest BCUT2D eigenvalue weighted by Crippen LogP contribution is 2.34. The zero-order valence-corrected chi connectivity index (χ0v) is 13.7. The molecule has 0 spiro atoms. The summed E-state index contributed by atoms with van der Waals surface area (Å²) in [6.45, 7) is 3.70. The number of aryl methyl sites for hydroxylation is 1. The van der Waals surface area contributed by atoms with E-state index >= 15 is 0 Å². The number of carbonyl (C=O) groups excluding carboxylic acids is 1. The van der Waals surface area contributed by atoms with Gasteiger partial charge >= 0.3 is 5.97 Å². The Balaban J connectivity index is 1.63. The summed E-state index contributed by atoms with van der Waals surface area (Å²) < 4.78 is 0. The largest absolute Gasteiger partial charge is 0.481 e. The van der Waals surface area contributed by atoms with E-state index in [0.29, 0.717) is 18.8 Å². The minimum absolute atomic E-state index is 0.0968. The smallest absolute Gasteiger partial charge is 0.306 e. The number of carbonyl (C=O) groups is 2. The SMILES string of the molecule is Cc1ccccc1C1CCN(C(=O)C2CCCC(C(=O)O)C2)C1. The molecule has 1 aromatic rings. The Bertz CT molecular complexity index is 598. The second kappa shape index (κ2) is 6.73. The third kappa shape index (κ3) is 3.41. The van der Waals surface area contributed by atoms with Gasteiger partial charge in [-0.2, -0.15) is 0 Å². The van der Waals surface area contributed by atoms with Crippen LogP contribution >= 0.6 is 0 Å². The summed E-state index contributed by atoms with van der Waals surface area (Å²) in [5, 5.41) is 9.20. The number of carboxylic acids is 1. The topological polar surface area (TPSA) is 57.6 Å². The number of aliphatic carboxylic acids is 1. The third-order valence-corrected chi connectivity index (χ3v) is 5.50. The van der Waals surface area contributed by atoms with Crippen molar-refractivity contribution in [3.63, 3.8) is 0 Å². The molecule has 1 saturated heterocycles. The summed E-state index contributed by atoms with van der Waals surface area (Å²) in [4.78, 5) is 25.9. The van der Waals surface area contributed by atoms with Crippen molar-refractivity contribution in [2.45, 2.75) is 44.9 Å². The zero-order valence-electron chi connectivity index (χ0n) is 13.7. The van der Waals surface area contributed by atoms with Gasteiger partial charge < -0.3 is 10.0 Å². The van der Waals surface area contributed by atoms with Crippen LogP contribution in [-0.4, -0.2) is 35.0 Å². The van der Waals surface area contributed by atoms with E-state index in [1.807, 2.05) is 11.0 Å². The van der Waals surface area contributed by atoms with Gasteiger partial charge in [-0.15, -0.1) is 0 Å². The van der Waals surface area contributed by atoms with Gasteiger partial charge in [0.1, 0.15) is 0 Å². The first-order valence-electron chi connectivity index (χ1n) is 8.63. The van der Waals surface area contributed by atoms with Crippen LogP contribution in [0.15, 0.2) is 24.3 Å². The maximum absolute atomic E-state index is 12.8.